The summed E-state index contributed by atoms with van der Waals surface area (Å²) in [4.78, 5) is 4.03. The Morgan fingerprint density at radius 1 is 1.11 bits per heavy atom. The molecule has 0 amide bonds. The predicted molar refractivity (Wildman–Crippen MR) is 76.2 cm³/mol. The molecule has 0 aliphatic rings. The summed E-state index contributed by atoms with van der Waals surface area (Å²) in [5.74, 6) is 0. The molecule has 2 rings (SSSR count). The third kappa shape index (κ3) is 3.19. The zero-order chi connectivity index (χ0) is 12.8. The molecule has 0 fully saturated rings. The number of aromatic nitrogens is 1. The maximum absolute atomic E-state index is 5.59. The molecule has 2 aromatic heterocycles. The Labute approximate surface area is 112 Å². The highest BCUT2D eigenvalue weighted by Crippen LogP contribution is 2.20. The van der Waals surface area contributed by atoms with Gasteiger partial charge in [-0.1, -0.05) is 0 Å². The summed E-state index contributed by atoms with van der Waals surface area (Å²) in [5.41, 5.74) is 2.35. The molecule has 5 heteroatoms. The van der Waals surface area contributed by atoms with E-state index in [0.717, 1.165) is 4.78 Å². The summed E-state index contributed by atoms with van der Waals surface area (Å²) in [5, 5.41) is 2.12. The van der Waals surface area contributed by atoms with Gasteiger partial charge in [0.25, 0.3) is 0 Å². The number of pyridine rings is 1. The molecule has 0 spiro atoms. The molecule has 0 N–H and O–H groups in total. The van der Waals surface area contributed by atoms with Crippen molar-refractivity contribution in [2.45, 2.75) is 13.8 Å². The molecule has 0 aliphatic carbocycles. The van der Waals surface area contributed by atoms with Crippen LogP contribution in [0.2, 0.25) is 0 Å². The quantitative estimate of drug-likeness (QED) is 0.749. The van der Waals surface area contributed by atoms with Gasteiger partial charge in [-0.05, 0) is 48.6 Å². The van der Waals surface area contributed by atoms with E-state index in [9.17, 15) is 0 Å². The van der Waals surface area contributed by atoms with E-state index in [4.69, 9.17) is 9.31 Å². The third-order valence-electron chi connectivity index (χ3n) is 2.50. The first-order chi connectivity index (χ1) is 8.85. The second-order valence-electron chi connectivity index (χ2n) is 3.72. The SMILES string of the molecule is CCOB(OCC)c1cc(-c2ccncc2)cs1. The van der Waals surface area contributed by atoms with E-state index in [1.165, 1.54) is 11.1 Å². The molecule has 0 saturated carbocycles. The fourth-order valence-corrected chi connectivity index (χ4v) is 2.60. The molecule has 0 aliphatic heterocycles. The molecule has 94 valence electrons. The monoisotopic (exact) mass is 261 g/mol. The van der Waals surface area contributed by atoms with Crippen molar-refractivity contribution >= 4 is 23.2 Å². The van der Waals surface area contributed by atoms with E-state index in [2.05, 4.69) is 16.4 Å². The van der Waals surface area contributed by atoms with Crippen molar-refractivity contribution in [1.82, 2.24) is 4.98 Å². The van der Waals surface area contributed by atoms with Crippen molar-refractivity contribution in [3.63, 3.8) is 0 Å². The van der Waals surface area contributed by atoms with Crippen LogP contribution in [0.5, 0.6) is 0 Å². The van der Waals surface area contributed by atoms with Gasteiger partial charge >= 0.3 is 7.12 Å². The van der Waals surface area contributed by atoms with Crippen LogP contribution in [-0.2, 0) is 9.31 Å². The van der Waals surface area contributed by atoms with Crippen LogP contribution in [-0.4, -0.2) is 25.3 Å². The Hall–Kier alpha value is -1.17. The van der Waals surface area contributed by atoms with Crippen LogP contribution in [0.25, 0.3) is 11.1 Å². The molecule has 3 nitrogen and oxygen atoms in total. The Morgan fingerprint density at radius 3 is 2.39 bits per heavy atom. The Kier molecular flexibility index (Phi) is 4.93. The van der Waals surface area contributed by atoms with Crippen molar-refractivity contribution in [2.24, 2.45) is 0 Å². The summed E-state index contributed by atoms with van der Waals surface area (Å²) >= 11 is 1.66. The second-order valence-corrected chi connectivity index (χ2v) is 4.66. The van der Waals surface area contributed by atoms with E-state index in [-0.39, 0.29) is 7.12 Å². The van der Waals surface area contributed by atoms with Gasteiger partial charge in [0, 0.05) is 30.4 Å². The van der Waals surface area contributed by atoms with E-state index in [1.54, 1.807) is 23.7 Å². The maximum atomic E-state index is 5.59. The van der Waals surface area contributed by atoms with Gasteiger partial charge in [-0.2, -0.15) is 11.3 Å². The molecular formula is C13H16BNO2S. The third-order valence-corrected chi connectivity index (χ3v) is 3.46. The molecule has 0 radical (unpaired) electrons. The van der Waals surface area contributed by atoms with Gasteiger partial charge in [-0.3, -0.25) is 4.98 Å². The highest BCUT2D eigenvalue weighted by Gasteiger charge is 2.22. The normalized spacial score (nSPS) is 10.6. The summed E-state index contributed by atoms with van der Waals surface area (Å²) in [6.45, 7) is 5.24. The lowest BCUT2D eigenvalue weighted by Gasteiger charge is -2.09. The minimum atomic E-state index is -0.249. The Bertz CT molecular complexity index is 469. The lowest BCUT2D eigenvalue weighted by molar-refractivity contribution is 0.226. The standard InChI is InChI=1S/C13H16BNO2S/c1-3-16-14(17-4-2)13-9-12(10-18-13)11-5-7-15-8-6-11/h5-10H,3-4H2,1-2H3. The van der Waals surface area contributed by atoms with Gasteiger partial charge in [-0.25, -0.2) is 0 Å². The predicted octanol–water partition coefficient (Wildman–Crippen LogP) is 2.58. The van der Waals surface area contributed by atoms with E-state index in [0.29, 0.717) is 13.2 Å². The zero-order valence-corrected chi connectivity index (χ0v) is 11.4. The molecule has 0 unspecified atom stereocenters. The molecule has 0 bridgehead atoms. The van der Waals surface area contributed by atoms with Crippen LogP contribution in [0.4, 0.5) is 0 Å². The second kappa shape index (κ2) is 6.68. The van der Waals surface area contributed by atoms with Gasteiger partial charge in [0.05, 0.1) is 0 Å². The average Bonchev–Trinajstić information content (AvgIpc) is 2.89. The summed E-state index contributed by atoms with van der Waals surface area (Å²) < 4.78 is 12.3. The lowest BCUT2D eigenvalue weighted by atomic mass is 9.86. The Balaban J connectivity index is 2.18. The number of hydrogen-bond acceptors (Lipinski definition) is 4. The fraction of sp³-hybridized carbons (Fsp3) is 0.308. The highest BCUT2D eigenvalue weighted by atomic mass is 32.1. The van der Waals surface area contributed by atoms with Crippen molar-refractivity contribution in [2.75, 3.05) is 13.2 Å². The minimum Gasteiger partial charge on any atom is -0.407 e. The van der Waals surface area contributed by atoms with Crippen LogP contribution < -0.4 is 4.78 Å². The fourth-order valence-electron chi connectivity index (χ4n) is 1.69. The highest BCUT2D eigenvalue weighted by molar-refractivity contribution is 7.21. The van der Waals surface area contributed by atoms with Crippen molar-refractivity contribution in [3.05, 3.63) is 36.0 Å². The topological polar surface area (TPSA) is 31.4 Å². The largest absolute Gasteiger partial charge is 0.504 e. The summed E-state index contributed by atoms with van der Waals surface area (Å²) in [7, 11) is -0.249. The zero-order valence-electron chi connectivity index (χ0n) is 10.6. The molecule has 0 aromatic carbocycles. The number of hydrogen-bond donors (Lipinski definition) is 0. The van der Waals surface area contributed by atoms with Crippen LogP contribution >= 0.6 is 11.3 Å². The van der Waals surface area contributed by atoms with Crippen LogP contribution in [0.1, 0.15) is 13.8 Å². The minimum absolute atomic E-state index is 0.249. The maximum Gasteiger partial charge on any atom is 0.504 e. The molecule has 0 saturated heterocycles. The first-order valence-corrected chi connectivity index (χ1v) is 6.95. The first-order valence-electron chi connectivity index (χ1n) is 6.07. The van der Waals surface area contributed by atoms with Gasteiger partial charge in [0.15, 0.2) is 0 Å². The number of thiophene rings is 1. The van der Waals surface area contributed by atoms with Crippen LogP contribution in [0.3, 0.4) is 0 Å². The molecule has 2 heterocycles. The Morgan fingerprint density at radius 2 is 1.78 bits per heavy atom. The van der Waals surface area contributed by atoms with Crippen molar-refractivity contribution in [1.29, 1.82) is 0 Å². The van der Waals surface area contributed by atoms with Crippen LogP contribution in [0, 0.1) is 0 Å². The van der Waals surface area contributed by atoms with Gasteiger partial charge < -0.3 is 9.31 Å². The van der Waals surface area contributed by atoms with Gasteiger partial charge in [0.1, 0.15) is 0 Å². The molecule has 18 heavy (non-hydrogen) atoms. The lowest BCUT2D eigenvalue weighted by Crippen LogP contribution is -2.34. The van der Waals surface area contributed by atoms with Crippen LogP contribution in [0.15, 0.2) is 36.0 Å². The molecular weight excluding hydrogens is 245 g/mol. The molecule has 2 aromatic rings. The smallest absolute Gasteiger partial charge is 0.407 e. The van der Waals surface area contributed by atoms with Gasteiger partial charge in [0.2, 0.25) is 0 Å². The molecule has 0 atom stereocenters. The van der Waals surface area contributed by atoms with E-state index in [1.807, 2.05) is 26.0 Å². The average molecular weight is 261 g/mol. The number of nitrogens with zero attached hydrogens (tertiary/aromatic N) is 1. The first kappa shape index (κ1) is 13.3. The van der Waals surface area contributed by atoms with E-state index < -0.39 is 0 Å². The summed E-state index contributed by atoms with van der Waals surface area (Å²) in [6, 6.07) is 6.13. The van der Waals surface area contributed by atoms with Crippen molar-refractivity contribution in [3.8, 4) is 11.1 Å². The summed E-state index contributed by atoms with van der Waals surface area (Å²) in [6.07, 6.45) is 3.60. The van der Waals surface area contributed by atoms with Crippen molar-refractivity contribution < 1.29 is 9.31 Å². The van der Waals surface area contributed by atoms with Gasteiger partial charge in [-0.15, -0.1) is 0 Å². The number of rotatable bonds is 6. The van der Waals surface area contributed by atoms with E-state index >= 15 is 0 Å².